The summed E-state index contributed by atoms with van der Waals surface area (Å²) in [5.74, 6) is 0.232. The van der Waals surface area contributed by atoms with Crippen LogP contribution in [0.3, 0.4) is 0 Å². The standard InChI is InChI=1S/C8H11FO2S/c9-12(10,11)8-5-6-1-3-7(8)4-2-6/h1,3,6-8H,2,4-5H2/t6-,7-,8+/m0/s1. The van der Waals surface area contributed by atoms with Crippen LogP contribution >= 0.6 is 0 Å². The molecule has 0 unspecified atom stereocenters. The first-order valence-corrected chi connectivity index (χ1v) is 5.64. The SMILES string of the molecule is O=S(=O)(F)[C@@H]1C[C@H]2C=C[C@H]1CC2. The Morgan fingerprint density at radius 3 is 2.25 bits per heavy atom. The highest BCUT2D eigenvalue weighted by Gasteiger charge is 2.39. The topological polar surface area (TPSA) is 34.1 Å². The van der Waals surface area contributed by atoms with Crippen molar-refractivity contribution in [1.82, 2.24) is 0 Å². The largest absolute Gasteiger partial charge is 0.305 e. The smallest absolute Gasteiger partial charge is 0.195 e. The third kappa shape index (κ3) is 1.28. The van der Waals surface area contributed by atoms with Gasteiger partial charge in [-0.3, -0.25) is 0 Å². The van der Waals surface area contributed by atoms with Crippen LogP contribution in [0.15, 0.2) is 12.2 Å². The summed E-state index contributed by atoms with van der Waals surface area (Å²) >= 11 is 0. The molecule has 68 valence electrons. The fourth-order valence-corrected chi connectivity index (χ4v) is 3.32. The van der Waals surface area contributed by atoms with Crippen molar-refractivity contribution >= 4 is 10.2 Å². The average Bonchev–Trinajstić information content (AvgIpc) is 2.05. The van der Waals surface area contributed by atoms with Crippen molar-refractivity contribution in [2.75, 3.05) is 0 Å². The zero-order valence-electron chi connectivity index (χ0n) is 6.61. The van der Waals surface area contributed by atoms with Gasteiger partial charge in [0.15, 0.2) is 0 Å². The van der Waals surface area contributed by atoms with Crippen molar-refractivity contribution in [2.45, 2.75) is 24.5 Å². The Morgan fingerprint density at radius 1 is 1.25 bits per heavy atom. The Balaban J connectivity index is 2.28. The number of rotatable bonds is 1. The van der Waals surface area contributed by atoms with Crippen LogP contribution in [0.4, 0.5) is 3.89 Å². The van der Waals surface area contributed by atoms with Gasteiger partial charge in [0, 0.05) is 0 Å². The minimum Gasteiger partial charge on any atom is -0.195 e. The molecule has 1 fully saturated rings. The summed E-state index contributed by atoms with van der Waals surface area (Å²) in [6.45, 7) is 0. The quantitative estimate of drug-likeness (QED) is 0.465. The van der Waals surface area contributed by atoms with E-state index in [1.54, 1.807) is 0 Å². The molecule has 1 saturated carbocycles. The molecule has 12 heavy (non-hydrogen) atoms. The van der Waals surface area contributed by atoms with Gasteiger partial charge < -0.3 is 0 Å². The van der Waals surface area contributed by atoms with Gasteiger partial charge in [-0.25, -0.2) is 0 Å². The third-order valence-corrected chi connectivity index (χ3v) is 4.14. The molecule has 3 aliphatic carbocycles. The lowest BCUT2D eigenvalue weighted by Crippen LogP contribution is -2.35. The molecule has 3 rings (SSSR count). The van der Waals surface area contributed by atoms with Crippen molar-refractivity contribution in [3.63, 3.8) is 0 Å². The van der Waals surface area contributed by atoms with Crippen molar-refractivity contribution in [3.05, 3.63) is 12.2 Å². The Hall–Kier alpha value is -0.380. The lowest BCUT2D eigenvalue weighted by molar-refractivity contribution is 0.322. The van der Waals surface area contributed by atoms with E-state index < -0.39 is 15.5 Å². The number of halogens is 1. The maximum Gasteiger partial charge on any atom is 0.305 e. The zero-order valence-corrected chi connectivity index (χ0v) is 7.43. The van der Waals surface area contributed by atoms with E-state index in [-0.39, 0.29) is 5.92 Å². The normalized spacial score (nSPS) is 40.2. The van der Waals surface area contributed by atoms with Crippen LogP contribution in [0, 0.1) is 11.8 Å². The molecule has 2 bridgehead atoms. The molecule has 2 nitrogen and oxygen atoms in total. The molecule has 0 aromatic carbocycles. The number of hydrogen-bond acceptors (Lipinski definition) is 2. The highest BCUT2D eigenvalue weighted by Crippen LogP contribution is 2.39. The van der Waals surface area contributed by atoms with Gasteiger partial charge in [-0.1, -0.05) is 12.2 Å². The van der Waals surface area contributed by atoms with Crippen molar-refractivity contribution in [1.29, 1.82) is 0 Å². The molecule has 0 spiro atoms. The third-order valence-electron chi connectivity index (χ3n) is 2.88. The summed E-state index contributed by atoms with van der Waals surface area (Å²) < 4.78 is 34.0. The highest BCUT2D eigenvalue weighted by molar-refractivity contribution is 7.87. The molecular weight excluding hydrogens is 179 g/mol. The molecular formula is C8H11FO2S. The van der Waals surface area contributed by atoms with Gasteiger partial charge >= 0.3 is 10.2 Å². The van der Waals surface area contributed by atoms with Gasteiger partial charge in [0.2, 0.25) is 0 Å². The number of allylic oxidation sites excluding steroid dienone is 2. The minimum absolute atomic E-state index is 0.0648. The molecule has 3 atom stereocenters. The second-order valence-electron chi connectivity index (χ2n) is 3.64. The molecule has 0 aromatic heterocycles. The van der Waals surface area contributed by atoms with E-state index in [1.165, 1.54) is 0 Å². The zero-order chi connectivity index (χ0) is 8.77. The molecule has 0 aliphatic heterocycles. The molecule has 0 saturated heterocycles. The van der Waals surface area contributed by atoms with Gasteiger partial charge in [-0.2, -0.15) is 8.42 Å². The second-order valence-corrected chi connectivity index (χ2v) is 5.19. The predicted octanol–water partition coefficient (Wildman–Crippen LogP) is 1.64. The van der Waals surface area contributed by atoms with E-state index in [1.807, 2.05) is 12.2 Å². The van der Waals surface area contributed by atoms with Crippen LogP contribution in [0.2, 0.25) is 0 Å². The van der Waals surface area contributed by atoms with Crippen LogP contribution < -0.4 is 0 Å². The molecule has 0 radical (unpaired) electrons. The Kier molecular flexibility index (Phi) is 1.75. The van der Waals surface area contributed by atoms with Crippen LogP contribution in [-0.2, 0) is 10.2 Å². The first-order valence-electron chi connectivity index (χ1n) is 4.19. The highest BCUT2D eigenvalue weighted by atomic mass is 32.3. The summed E-state index contributed by atoms with van der Waals surface area (Å²) in [5.41, 5.74) is 0. The van der Waals surface area contributed by atoms with E-state index >= 15 is 0 Å². The lowest BCUT2D eigenvalue weighted by atomic mass is 9.76. The van der Waals surface area contributed by atoms with E-state index in [0.29, 0.717) is 12.3 Å². The fourth-order valence-electron chi connectivity index (χ4n) is 2.20. The van der Waals surface area contributed by atoms with Gasteiger partial charge in [0.05, 0.1) is 5.25 Å². The molecule has 0 N–H and O–H groups in total. The minimum atomic E-state index is -4.31. The summed E-state index contributed by atoms with van der Waals surface area (Å²) in [6, 6.07) is 0. The van der Waals surface area contributed by atoms with Crippen LogP contribution in [0.5, 0.6) is 0 Å². The number of fused-ring (bicyclic) bond motifs is 2. The van der Waals surface area contributed by atoms with Gasteiger partial charge in [0.1, 0.15) is 0 Å². The Bertz CT molecular complexity index is 307. The fraction of sp³-hybridized carbons (Fsp3) is 0.750. The summed E-state index contributed by atoms with van der Waals surface area (Å²) in [4.78, 5) is 0. The first kappa shape index (κ1) is 8.23. The molecule has 0 heterocycles. The average molecular weight is 190 g/mol. The first-order chi connectivity index (χ1) is 5.57. The van der Waals surface area contributed by atoms with Crippen molar-refractivity contribution in [3.8, 4) is 0 Å². The maximum absolute atomic E-state index is 12.7. The summed E-state index contributed by atoms with van der Waals surface area (Å²) in [5, 5.41) is -0.749. The van der Waals surface area contributed by atoms with Gasteiger partial charge in [0.25, 0.3) is 0 Å². The van der Waals surface area contributed by atoms with Gasteiger partial charge in [-0.05, 0) is 31.1 Å². The Morgan fingerprint density at radius 2 is 2.00 bits per heavy atom. The van der Waals surface area contributed by atoms with E-state index in [0.717, 1.165) is 12.8 Å². The molecule has 3 aliphatic rings. The van der Waals surface area contributed by atoms with Crippen LogP contribution in [-0.4, -0.2) is 13.7 Å². The van der Waals surface area contributed by atoms with Crippen LogP contribution in [0.25, 0.3) is 0 Å². The monoisotopic (exact) mass is 190 g/mol. The summed E-state index contributed by atoms with van der Waals surface area (Å²) in [6.07, 6.45) is 6.22. The number of hydrogen-bond donors (Lipinski definition) is 0. The lowest BCUT2D eigenvalue weighted by Gasteiger charge is -2.35. The summed E-state index contributed by atoms with van der Waals surface area (Å²) in [7, 11) is -4.31. The maximum atomic E-state index is 12.7. The van der Waals surface area contributed by atoms with E-state index in [4.69, 9.17) is 0 Å². The van der Waals surface area contributed by atoms with Crippen LogP contribution in [0.1, 0.15) is 19.3 Å². The molecule has 0 amide bonds. The van der Waals surface area contributed by atoms with Gasteiger partial charge in [-0.15, -0.1) is 3.89 Å². The van der Waals surface area contributed by atoms with E-state index in [2.05, 4.69) is 0 Å². The second kappa shape index (κ2) is 2.55. The Labute approximate surface area is 71.7 Å². The van der Waals surface area contributed by atoms with E-state index in [9.17, 15) is 12.3 Å². The predicted molar refractivity (Wildman–Crippen MR) is 43.8 cm³/mol. The molecule has 0 aromatic rings. The van der Waals surface area contributed by atoms with Crippen molar-refractivity contribution in [2.24, 2.45) is 11.8 Å². The van der Waals surface area contributed by atoms with Crippen molar-refractivity contribution < 1.29 is 12.3 Å². The molecule has 4 heteroatoms.